The highest BCUT2D eigenvalue weighted by molar-refractivity contribution is 5.91. The van der Waals surface area contributed by atoms with Crippen LogP contribution in [0.15, 0.2) is 53.2 Å². The highest BCUT2D eigenvalue weighted by atomic mass is 16.6. The maximum atomic E-state index is 12.4. The van der Waals surface area contributed by atoms with Crippen molar-refractivity contribution in [3.05, 3.63) is 65.9 Å². The Kier molecular flexibility index (Phi) is 5.58. The van der Waals surface area contributed by atoms with E-state index in [9.17, 15) is 4.79 Å². The van der Waals surface area contributed by atoms with Crippen LogP contribution in [0.1, 0.15) is 35.9 Å². The molecule has 0 spiro atoms. The standard InChI is InChI=1S/C19H19N3O4/c1-13(2)11-16-21-17(26-22-16)12-24-19(23)15-9-6-10-20-18(15)25-14-7-4-3-5-8-14/h3-10,13H,11-12H2,1-2H3. The second kappa shape index (κ2) is 8.24. The number of carbonyl (C=O) groups is 1. The van der Waals surface area contributed by atoms with Gasteiger partial charge in [0, 0.05) is 12.6 Å². The van der Waals surface area contributed by atoms with Gasteiger partial charge < -0.3 is 14.0 Å². The van der Waals surface area contributed by atoms with Crippen LogP contribution in [0.5, 0.6) is 11.6 Å². The summed E-state index contributed by atoms with van der Waals surface area (Å²) in [6.45, 7) is 4.02. The molecule has 0 aliphatic carbocycles. The number of rotatable bonds is 7. The van der Waals surface area contributed by atoms with Crippen molar-refractivity contribution in [2.24, 2.45) is 5.92 Å². The van der Waals surface area contributed by atoms with Gasteiger partial charge in [-0.3, -0.25) is 0 Å². The zero-order valence-corrected chi connectivity index (χ0v) is 14.6. The van der Waals surface area contributed by atoms with Gasteiger partial charge in [0.15, 0.2) is 12.4 Å². The SMILES string of the molecule is CC(C)Cc1noc(COC(=O)c2cccnc2Oc2ccccc2)n1. The van der Waals surface area contributed by atoms with Crippen LogP contribution in [0, 0.1) is 5.92 Å². The molecule has 26 heavy (non-hydrogen) atoms. The summed E-state index contributed by atoms with van der Waals surface area (Å²) in [6, 6.07) is 12.3. The molecule has 0 atom stereocenters. The predicted octanol–water partition coefficient (Wildman–Crippen LogP) is 3.81. The van der Waals surface area contributed by atoms with E-state index < -0.39 is 5.97 Å². The van der Waals surface area contributed by atoms with Crippen molar-refractivity contribution in [2.45, 2.75) is 26.9 Å². The molecular weight excluding hydrogens is 334 g/mol. The molecule has 0 aliphatic heterocycles. The Labute approximate surface area is 151 Å². The molecule has 1 aromatic carbocycles. The predicted molar refractivity (Wildman–Crippen MR) is 92.7 cm³/mol. The highest BCUT2D eigenvalue weighted by Crippen LogP contribution is 2.23. The van der Waals surface area contributed by atoms with Gasteiger partial charge in [0.2, 0.25) is 5.88 Å². The van der Waals surface area contributed by atoms with E-state index in [1.165, 1.54) is 0 Å². The summed E-state index contributed by atoms with van der Waals surface area (Å²) in [5, 5.41) is 3.87. The van der Waals surface area contributed by atoms with Gasteiger partial charge in [0.25, 0.3) is 5.89 Å². The van der Waals surface area contributed by atoms with Crippen LogP contribution in [0.25, 0.3) is 0 Å². The highest BCUT2D eigenvalue weighted by Gasteiger charge is 2.17. The second-order valence-corrected chi connectivity index (χ2v) is 6.05. The van der Waals surface area contributed by atoms with Crippen molar-refractivity contribution < 1.29 is 18.8 Å². The van der Waals surface area contributed by atoms with E-state index in [4.69, 9.17) is 14.0 Å². The molecule has 0 amide bonds. The van der Waals surface area contributed by atoms with Crippen LogP contribution in [0.3, 0.4) is 0 Å². The summed E-state index contributed by atoms with van der Waals surface area (Å²) in [5.41, 5.74) is 0.221. The lowest BCUT2D eigenvalue weighted by Gasteiger charge is -2.08. The van der Waals surface area contributed by atoms with Crippen LogP contribution >= 0.6 is 0 Å². The first-order valence-electron chi connectivity index (χ1n) is 8.28. The summed E-state index contributed by atoms with van der Waals surface area (Å²) < 4.78 is 16.0. The normalized spacial score (nSPS) is 10.7. The monoisotopic (exact) mass is 353 g/mol. The number of benzene rings is 1. The number of hydrogen-bond donors (Lipinski definition) is 0. The minimum atomic E-state index is -0.576. The fraction of sp³-hybridized carbons (Fsp3) is 0.263. The molecule has 7 heteroatoms. The summed E-state index contributed by atoms with van der Waals surface area (Å²) in [7, 11) is 0. The maximum absolute atomic E-state index is 12.4. The van der Waals surface area contributed by atoms with Crippen LogP contribution in [-0.2, 0) is 17.8 Å². The molecule has 0 saturated heterocycles. The third-order valence-electron chi connectivity index (χ3n) is 3.38. The Balaban J connectivity index is 1.65. The van der Waals surface area contributed by atoms with Crippen LogP contribution in [0.4, 0.5) is 0 Å². The minimum absolute atomic E-state index is 0.108. The van der Waals surface area contributed by atoms with Crippen LogP contribution in [0.2, 0.25) is 0 Å². The second-order valence-electron chi connectivity index (χ2n) is 6.05. The van der Waals surface area contributed by atoms with Gasteiger partial charge in [0.05, 0.1) is 0 Å². The Morgan fingerprint density at radius 2 is 1.96 bits per heavy atom. The number of pyridine rings is 1. The lowest BCUT2D eigenvalue weighted by atomic mass is 10.1. The molecule has 3 rings (SSSR count). The number of ether oxygens (including phenoxy) is 2. The van der Waals surface area contributed by atoms with Crippen molar-refractivity contribution in [2.75, 3.05) is 0 Å². The first-order valence-corrected chi connectivity index (χ1v) is 8.28. The molecule has 7 nitrogen and oxygen atoms in total. The zero-order valence-electron chi connectivity index (χ0n) is 14.6. The molecule has 2 aromatic heterocycles. The molecular formula is C19H19N3O4. The van der Waals surface area contributed by atoms with E-state index in [-0.39, 0.29) is 23.9 Å². The van der Waals surface area contributed by atoms with Crippen molar-refractivity contribution in [1.29, 1.82) is 0 Å². The third-order valence-corrected chi connectivity index (χ3v) is 3.38. The van der Waals surface area contributed by atoms with Gasteiger partial charge in [-0.2, -0.15) is 4.98 Å². The minimum Gasteiger partial charge on any atom is -0.452 e. The smallest absolute Gasteiger partial charge is 0.344 e. The lowest BCUT2D eigenvalue weighted by Crippen LogP contribution is -2.08. The van der Waals surface area contributed by atoms with E-state index in [0.717, 1.165) is 0 Å². The average molecular weight is 353 g/mol. The molecule has 0 unspecified atom stereocenters. The summed E-state index contributed by atoms with van der Waals surface area (Å²) in [6.07, 6.45) is 2.25. The number of aromatic nitrogens is 3. The van der Waals surface area contributed by atoms with Crippen LogP contribution < -0.4 is 4.74 Å². The lowest BCUT2D eigenvalue weighted by molar-refractivity contribution is 0.0426. The van der Waals surface area contributed by atoms with Gasteiger partial charge in [-0.05, 0) is 30.2 Å². The molecule has 0 N–H and O–H groups in total. The number of carbonyl (C=O) groups excluding carboxylic acids is 1. The fourth-order valence-electron chi connectivity index (χ4n) is 2.23. The third kappa shape index (κ3) is 4.66. The van der Waals surface area contributed by atoms with Crippen molar-refractivity contribution >= 4 is 5.97 Å². The quantitative estimate of drug-likeness (QED) is 0.597. The Morgan fingerprint density at radius 3 is 2.73 bits per heavy atom. The van der Waals surface area contributed by atoms with Crippen molar-refractivity contribution in [3.63, 3.8) is 0 Å². The van der Waals surface area contributed by atoms with E-state index in [1.54, 1.807) is 30.5 Å². The van der Waals surface area contributed by atoms with E-state index in [2.05, 4.69) is 29.0 Å². The van der Waals surface area contributed by atoms with Crippen molar-refractivity contribution in [1.82, 2.24) is 15.1 Å². The molecule has 0 bridgehead atoms. The van der Waals surface area contributed by atoms with Crippen LogP contribution in [-0.4, -0.2) is 21.1 Å². The van der Waals surface area contributed by atoms with E-state index in [1.807, 2.05) is 18.2 Å². The summed E-state index contributed by atoms with van der Waals surface area (Å²) in [5.74, 6) is 1.44. The van der Waals surface area contributed by atoms with Gasteiger partial charge in [-0.1, -0.05) is 37.2 Å². The van der Waals surface area contributed by atoms with E-state index in [0.29, 0.717) is 23.9 Å². The number of hydrogen-bond acceptors (Lipinski definition) is 7. The molecule has 2 heterocycles. The molecule has 0 fully saturated rings. The molecule has 3 aromatic rings. The van der Waals surface area contributed by atoms with Gasteiger partial charge in [-0.15, -0.1) is 0 Å². The molecule has 134 valence electrons. The summed E-state index contributed by atoms with van der Waals surface area (Å²) in [4.78, 5) is 20.7. The molecule has 0 radical (unpaired) electrons. The van der Waals surface area contributed by atoms with E-state index >= 15 is 0 Å². The zero-order chi connectivity index (χ0) is 18.4. The Hall–Kier alpha value is -3.22. The Bertz CT molecular complexity index is 862. The number of esters is 1. The molecule has 0 aliphatic rings. The largest absolute Gasteiger partial charge is 0.452 e. The Morgan fingerprint density at radius 1 is 1.15 bits per heavy atom. The summed E-state index contributed by atoms with van der Waals surface area (Å²) >= 11 is 0. The first-order chi connectivity index (χ1) is 12.6. The topological polar surface area (TPSA) is 87.3 Å². The fourth-order valence-corrected chi connectivity index (χ4v) is 2.23. The van der Waals surface area contributed by atoms with Gasteiger partial charge in [-0.25, -0.2) is 9.78 Å². The maximum Gasteiger partial charge on any atom is 0.344 e. The first kappa shape index (κ1) is 17.6. The van der Waals surface area contributed by atoms with Gasteiger partial charge in [0.1, 0.15) is 11.3 Å². The number of para-hydroxylation sites is 1. The number of nitrogens with zero attached hydrogens (tertiary/aromatic N) is 3. The average Bonchev–Trinajstić information content (AvgIpc) is 3.08. The molecule has 0 saturated carbocycles. The van der Waals surface area contributed by atoms with Crippen molar-refractivity contribution in [3.8, 4) is 11.6 Å². The van der Waals surface area contributed by atoms with Gasteiger partial charge >= 0.3 is 5.97 Å².